The number of nitrogens with two attached hydrogens (primary N) is 1. The maximum atomic E-state index is 12.8. The van der Waals surface area contributed by atoms with Gasteiger partial charge in [-0.25, -0.2) is 0 Å². The molecule has 0 aliphatic carbocycles. The maximum Gasteiger partial charge on any atom is 0.246 e. The molecule has 0 spiro atoms. The Hall–Kier alpha value is -0.750. The number of likely N-dealkylation sites (tertiary alicyclic amines) is 1. The van der Waals surface area contributed by atoms with Crippen molar-refractivity contribution >= 4 is 23.6 Å². The fraction of sp³-hybridized carbons (Fsp3) is 0.857. The predicted molar refractivity (Wildman–Crippen MR) is 81.2 cm³/mol. The summed E-state index contributed by atoms with van der Waals surface area (Å²) in [5, 5.41) is 0. The molecule has 2 aliphatic heterocycles. The monoisotopic (exact) mass is 299 g/mol. The van der Waals surface area contributed by atoms with E-state index >= 15 is 0 Å². The SMILES string of the molecule is CCC(=O)N1CSCC1C(=O)N1CCC(C)CC1CN. The first-order valence-electron chi connectivity index (χ1n) is 7.46. The third kappa shape index (κ3) is 3.11. The molecule has 0 bridgehead atoms. The summed E-state index contributed by atoms with van der Waals surface area (Å²) >= 11 is 1.66. The van der Waals surface area contributed by atoms with Crippen LogP contribution in [0.4, 0.5) is 0 Å². The van der Waals surface area contributed by atoms with Crippen LogP contribution in [0.2, 0.25) is 0 Å². The lowest BCUT2D eigenvalue weighted by Crippen LogP contribution is -2.56. The number of hydrogen-bond donors (Lipinski definition) is 1. The second-order valence-corrected chi connectivity index (χ2v) is 6.78. The van der Waals surface area contributed by atoms with E-state index in [9.17, 15) is 9.59 Å². The molecule has 0 aromatic heterocycles. The van der Waals surface area contributed by atoms with E-state index in [-0.39, 0.29) is 23.9 Å². The van der Waals surface area contributed by atoms with Gasteiger partial charge in [0.05, 0.1) is 5.88 Å². The van der Waals surface area contributed by atoms with Crippen molar-refractivity contribution in [2.75, 3.05) is 24.7 Å². The summed E-state index contributed by atoms with van der Waals surface area (Å²) in [7, 11) is 0. The van der Waals surface area contributed by atoms with Gasteiger partial charge in [0.2, 0.25) is 11.8 Å². The van der Waals surface area contributed by atoms with Crippen LogP contribution < -0.4 is 5.73 Å². The molecule has 0 aromatic rings. The van der Waals surface area contributed by atoms with Crippen LogP contribution in [0.25, 0.3) is 0 Å². The van der Waals surface area contributed by atoms with E-state index in [0.29, 0.717) is 30.5 Å². The van der Waals surface area contributed by atoms with Crippen molar-refractivity contribution in [2.45, 2.75) is 45.2 Å². The first-order valence-corrected chi connectivity index (χ1v) is 8.61. The number of rotatable bonds is 3. The third-order valence-electron chi connectivity index (χ3n) is 4.32. The van der Waals surface area contributed by atoms with Crippen LogP contribution in [0.15, 0.2) is 0 Å². The zero-order chi connectivity index (χ0) is 14.7. The van der Waals surface area contributed by atoms with Gasteiger partial charge in [-0.15, -0.1) is 11.8 Å². The van der Waals surface area contributed by atoms with Crippen molar-refractivity contribution in [2.24, 2.45) is 11.7 Å². The number of carbonyl (C=O) groups is 2. The largest absolute Gasteiger partial charge is 0.337 e. The van der Waals surface area contributed by atoms with E-state index < -0.39 is 0 Å². The minimum Gasteiger partial charge on any atom is -0.337 e. The molecule has 114 valence electrons. The molecule has 2 aliphatic rings. The third-order valence-corrected chi connectivity index (χ3v) is 5.34. The minimum absolute atomic E-state index is 0.0722. The molecule has 3 atom stereocenters. The first-order chi connectivity index (χ1) is 9.58. The molecule has 2 fully saturated rings. The van der Waals surface area contributed by atoms with Crippen molar-refractivity contribution in [3.05, 3.63) is 0 Å². The topological polar surface area (TPSA) is 66.6 Å². The Morgan fingerprint density at radius 1 is 1.35 bits per heavy atom. The fourth-order valence-corrected chi connectivity index (χ4v) is 4.22. The van der Waals surface area contributed by atoms with Gasteiger partial charge in [0, 0.05) is 31.3 Å². The standard InChI is InChI=1S/C14H25N3O2S/c1-3-13(18)17-9-20-8-12(17)14(19)16-5-4-10(2)6-11(16)7-15/h10-12H,3-9,15H2,1-2H3. The molecule has 2 heterocycles. The molecule has 2 amide bonds. The highest BCUT2D eigenvalue weighted by atomic mass is 32.2. The quantitative estimate of drug-likeness (QED) is 0.840. The predicted octanol–water partition coefficient (Wildman–Crippen LogP) is 0.884. The van der Waals surface area contributed by atoms with Crippen molar-refractivity contribution in [3.63, 3.8) is 0 Å². The average molecular weight is 299 g/mol. The van der Waals surface area contributed by atoms with Crippen molar-refractivity contribution in [3.8, 4) is 0 Å². The van der Waals surface area contributed by atoms with Crippen LogP contribution in [0.3, 0.4) is 0 Å². The lowest BCUT2D eigenvalue weighted by Gasteiger charge is -2.40. The average Bonchev–Trinajstić information content (AvgIpc) is 2.94. The number of carbonyl (C=O) groups excluding carboxylic acids is 2. The summed E-state index contributed by atoms with van der Waals surface area (Å²) in [5.74, 6) is 2.15. The van der Waals surface area contributed by atoms with Crippen LogP contribution in [-0.2, 0) is 9.59 Å². The molecule has 20 heavy (non-hydrogen) atoms. The highest BCUT2D eigenvalue weighted by Gasteiger charge is 2.39. The fourth-order valence-electron chi connectivity index (χ4n) is 3.05. The Morgan fingerprint density at radius 3 is 2.75 bits per heavy atom. The van der Waals surface area contributed by atoms with Gasteiger partial charge >= 0.3 is 0 Å². The van der Waals surface area contributed by atoms with Gasteiger partial charge in [0.1, 0.15) is 6.04 Å². The number of thioether (sulfide) groups is 1. The molecule has 0 radical (unpaired) electrons. The zero-order valence-electron chi connectivity index (χ0n) is 12.4. The Labute approximate surface area is 125 Å². The number of nitrogens with zero attached hydrogens (tertiary/aromatic N) is 2. The maximum absolute atomic E-state index is 12.8. The zero-order valence-corrected chi connectivity index (χ0v) is 13.2. The molecule has 0 aromatic carbocycles. The lowest BCUT2D eigenvalue weighted by atomic mass is 9.92. The molecular formula is C14H25N3O2S. The van der Waals surface area contributed by atoms with Crippen LogP contribution >= 0.6 is 11.8 Å². The summed E-state index contributed by atoms with van der Waals surface area (Å²) in [5.41, 5.74) is 5.83. The Kier molecular flexibility index (Phi) is 5.32. The van der Waals surface area contributed by atoms with E-state index in [1.54, 1.807) is 16.7 Å². The second-order valence-electron chi connectivity index (χ2n) is 5.78. The van der Waals surface area contributed by atoms with Gasteiger partial charge in [-0.1, -0.05) is 13.8 Å². The van der Waals surface area contributed by atoms with Crippen LogP contribution in [-0.4, -0.2) is 58.4 Å². The molecule has 3 unspecified atom stereocenters. The van der Waals surface area contributed by atoms with Gasteiger partial charge in [-0.2, -0.15) is 0 Å². The lowest BCUT2D eigenvalue weighted by molar-refractivity contribution is -0.146. The van der Waals surface area contributed by atoms with Crippen molar-refractivity contribution in [1.82, 2.24) is 9.80 Å². The van der Waals surface area contributed by atoms with Gasteiger partial charge in [-0.05, 0) is 18.8 Å². The highest BCUT2D eigenvalue weighted by molar-refractivity contribution is 7.99. The summed E-state index contributed by atoms with van der Waals surface area (Å²) < 4.78 is 0. The Bertz CT molecular complexity index is 377. The molecule has 2 N–H and O–H groups in total. The highest BCUT2D eigenvalue weighted by Crippen LogP contribution is 2.27. The van der Waals surface area contributed by atoms with Crippen LogP contribution in [0.5, 0.6) is 0 Å². The summed E-state index contributed by atoms with van der Waals surface area (Å²) in [4.78, 5) is 28.4. The van der Waals surface area contributed by atoms with E-state index in [4.69, 9.17) is 5.73 Å². The van der Waals surface area contributed by atoms with Gasteiger partial charge in [0.15, 0.2) is 0 Å². The van der Waals surface area contributed by atoms with Crippen LogP contribution in [0.1, 0.15) is 33.1 Å². The minimum atomic E-state index is -0.282. The second kappa shape index (κ2) is 6.80. The number of hydrogen-bond acceptors (Lipinski definition) is 4. The summed E-state index contributed by atoms with van der Waals surface area (Å²) in [6.45, 7) is 5.34. The molecular weight excluding hydrogens is 274 g/mol. The van der Waals surface area contributed by atoms with Gasteiger partial charge < -0.3 is 15.5 Å². The molecule has 6 heteroatoms. The van der Waals surface area contributed by atoms with E-state index in [1.165, 1.54) is 0 Å². The molecule has 2 saturated heterocycles. The first kappa shape index (κ1) is 15.6. The Morgan fingerprint density at radius 2 is 2.10 bits per heavy atom. The van der Waals surface area contributed by atoms with Crippen molar-refractivity contribution < 1.29 is 9.59 Å². The van der Waals surface area contributed by atoms with E-state index in [1.807, 2.05) is 11.8 Å². The normalized spacial score (nSPS) is 30.6. The van der Waals surface area contributed by atoms with Gasteiger partial charge in [-0.3, -0.25) is 9.59 Å². The summed E-state index contributed by atoms with van der Waals surface area (Å²) in [6.07, 6.45) is 2.47. The Balaban J connectivity index is 2.07. The van der Waals surface area contributed by atoms with Crippen molar-refractivity contribution in [1.29, 1.82) is 0 Å². The van der Waals surface area contributed by atoms with E-state index in [0.717, 1.165) is 19.4 Å². The van der Waals surface area contributed by atoms with E-state index in [2.05, 4.69) is 6.92 Å². The van der Waals surface area contributed by atoms with Crippen LogP contribution in [0, 0.1) is 5.92 Å². The summed E-state index contributed by atoms with van der Waals surface area (Å²) in [6, 6.07) is -0.148. The smallest absolute Gasteiger partial charge is 0.246 e. The number of amides is 2. The number of piperidine rings is 1. The van der Waals surface area contributed by atoms with Gasteiger partial charge in [0.25, 0.3) is 0 Å². The molecule has 0 saturated carbocycles. The molecule has 5 nitrogen and oxygen atoms in total. The molecule has 2 rings (SSSR count).